The average molecular weight is 254 g/mol. The molecular weight excluding hydrogens is 236 g/mol. The first-order valence-corrected chi connectivity index (χ1v) is 6.71. The second kappa shape index (κ2) is 4.67. The lowest BCUT2D eigenvalue weighted by molar-refractivity contribution is 0.0999. The summed E-state index contributed by atoms with van der Waals surface area (Å²) in [6.07, 6.45) is 6.34. The minimum absolute atomic E-state index is 0.332. The smallest absolute Gasteiger partial charge is 0.249 e. The molecule has 2 aliphatic rings. The first kappa shape index (κ1) is 12.2. The predicted molar refractivity (Wildman–Crippen MR) is 77.8 cm³/mol. The Morgan fingerprint density at radius 2 is 2.16 bits per heavy atom. The number of carbonyl (C=O) groups is 1. The number of nitrogens with one attached hydrogen (secondary N) is 1. The van der Waals surface area contributed by atoms with Gasteiger partial charge in [-0.05, 0) is 60.2 Å². The molecule has 0 fully saturated rings. The Labute approximate surface area is 113 Å². The van der Waals surface area contributed by atoms with Gasteiger partial charge < -0.3 is 11.1 Å². The average Bonchev–Trinajstić information content (AvgIpc) is 2.81. The number of primary amides is 1. The van der Waals surface area contributed by atoms with Crippen LogP contribution in [0.2, 0.25) is 0 Å². The molecule has 19 heavy (non-hydrogen) atoms. The highest BCUT2D eigenvalue weighted by Gasteiger charge is 2.22. The van der Waals surface area contributed by atoms with E-state index in [-0.39, 0.29) is 5.91 Å². The van der Waals surface area contributed by atoms with Crippen molar-refractivity contribution in [3.05, 3.63) is 46.5 Å². The summed E-state index contributed by atoms with van der Waals surface area (Å²) < 4.78 is 0. The van der Waals surface area contributed by atoms with Gasteiger partial charge in [-0.1, -0.05) is 18.2 Å². The molecule has 0 spiro atoms. The van der Waals surface area contributed by atoms with E-state index in [2.05, 4.69) is 24.4 Å². The van der Waals surface area contributed by atoms with Crippen molar-refractivity contribution < 1.29 is 4.79 Å². The maximum absolute atomic E-state index is 11.5. The fourth-order valence-corrected chi connectivity index (χ4v) is 3.01. The molecule has 3 nitrogen and oxygen atoms in total. The minimum Gasteiger partial charge on any atom is -0.366 e. The summed E-state index contributed by atoms with van der Waals surface area (Å²) in [6.45, 7) is 4.05. The van der Waals surface area contributed by atoms with Gasteiger partial charge in [0.05, 0.1) is 0 Å². The Morgan fingerprint density at radius 1 is 1.32 bits per heavy atom. The van der Waals surface area contributed by atoms with Crippen LogP contribution in [0, 0.1) is 0 Å². The molecule has 0 bridgehead atoms. The maximum atomic E-state index is 11.5. The fraction of sp³-hybridized carbons (Fsp3) is 0.312. The van der Waals surface area contributed by atoms with E-state index in [9.17, 15) is 4.79 Å². The fourth-order valence-electron chi connectivity index (χ4n) is 3.01. The van der Waals surface area contributed by atoms with Crippen molar-refractivity contribution in [2.45, 2.75) is 19.8 Å². The van der Waals surface area contributed by atoms with Gasteiger partial charge in [0, 0.05) is 12.1 Å². The Balaban J connectivity index is 2.17. The lowest BCUT2D eigenvalue weighted by Gasteiger charge is -2.19. The summed E-state index contributed by atoms with van der Waals surface area (Å²) in [5.74, 6) is -0.332. The van der Waals surface area contributed by atoms with Crippen LogP contribution >= 0.6 is 0 Å². The van der Waals surface area contributed by atoms with Gasteiger partial charge in [0.1, 0.15) is 0 Å². The van der Waals surface area contributed by atoms with Gasteiger partial charge >= 0.3 is 0 Å². The number of amides is 1. The zero-order valence-electron chi connectivity index (χ0n) is 11.1. The largest absolute Gasteiger partial charge is 0.366 e. The van der Waals surface area contributed by atoms with Gasteiger partial charge in [-0.25, -0.2) is 0 Å². The summed E-state index contributed by atoms with van der Waals surface area (Å²) in [4.78, 5) is 11.5. The second-order valence-corrected chi connectivity index (χ2v) is 5.16. The Kier molecular flexibility index (Phi) is 2.99. The lowest BCUT2D eigenvalue weighted by Crippen LogP contribution is -2.22. The number of carbonyl (C=O) groups excluding carboxylic acids is 1. The van der Waals surface area contributed by atoms with E-state index in [1.807, 2.05) is 12.1 Å². The minimum atomic E-state index is -0.332. The van der Waals surface area contributed by atoms with Crippen LogP contribution in [-0.2, 0) is 6.42 Å². The molecule has 98 valence electrons. The molecular formula is C16H18N2O. The molecule has 0 unspecified atom stereocenters. The van der Waals surface area contributed by atoms with E-state index < -0.39 is 0 Å². The molecule has 0 saturated carbocycles. The first-order valence-electron chi connectivity index (χ1n) is 6.71. The number of benzene rings is 1. The van der Waals surface area contributed by atoms with Crippen LogP contribution in [-0.4, -0.2) is 19.0 Å². The highest BCUT2D eigenvalue weighted by atomic mass is 16.1. The van der Waals surface area contributed by atoms with E-state index in [1.54, 1.807) is 0 Å². The molecule has 0 atom stereocenters. The summed E-state index contributed by atoms with van der Waals surface area (Å²) >= 11 is 0. The van der Waals surface area contributed by atoms with Crippen LogP contribution in [0.15, 0.2) is 24.3 Å². The molecule has 0 aromatic heterocycles. The molecule has 1 aromatic carbocycles. The monoisotopic (exact) mass is 254 g/mol. The lowest BCUT2D eigenvalue weighted by atomic mass is 9.89. The second-order valence-electron chi connectivity index (χ2n) is 5.16. The SMILES string of the molecule is CC1=CCc2c(C(N)=O)ccc(C3=CCCNC3)c21. The highest BCUT2D eigenvalue weighted by Crippen LogP contribution is 2.36. The number of nitrogens with two attached hydrogens (primary N) is 1. The number of hydrogen-bond acceptors (Lipinski definition) is 2. The van der Waals surface area contributed by atoms with Crippen molar-refractivity contribution in [2.75, 3.05) is 13.1 Å². The topological polar surface area (TPSA) is 55.1 Å². The van der Waals surface area contributed by atoms with Gasteiger partial charge in [0.25, 0.3) is 0 Å². The normalized spacial score (nSPS) is 17.7. The zero-order valence-corrected chi connectivity index (χ0v) is 11.1. The van der Waals surface area contributed by atoms with E-state index in [1.165, 1.54) is 22.3 Å². The van der Waals surface area contributed by atoms with Crippen molar-refractivity contribution in [3.63, 3.8) is 0 Å². The van der Waals surface area contributed by atoms with E-state index in [0.29, 0.717) is 5.56 Å². The molecule has 1 heterocycles. The Bertz CT molecular complexity index is 611. The summed E-state index contributed by atoms with van der Waals surface area (Å²) in [7, 11) is 0. The highest BCUT2D eigenvalue weighted by molar-refractivity contribution is 5.98. The van der Waals surface area contributed by atoms with Crippen molar-refractivity contribution in [1.29, 1.82) is 0 Å². The molecule has 3 N–H and O–H groups in total. The van der Waals surface area contributed by atoms with Crippen LogP contribution in [0.1, 0.15) is 40.4 Å². The number of allylic oxidation sites excluding steroid dienone is 2. The van der Waals surface area contributed by atoms with Crippen LogP contribution in [0.5, 0.6) is 0 Å². The van der Waals surface area contributed by atoms with Crippen LogP contribution < -0.4 is 11.1 Å². The van der Waals surface area contributed by atoms with Crippen molar-refractivity contribution in [3.8, 4) is 0 Å². The Morgan fingerprint density at radius 3 is 2.84 bits per heavy atom. The van der Waals surface area contributed by atoms with Crippen LogP contribution in [0.3, 0.4) is 0 Å². The third-order valence-corrected chi connectivity index (χ3v) is 3.96. The third-order valence-electron chi connectivity index (χ3n) is 3.96. The Hall–Kier alpha value is -1.87. The van der Waals surface area contributed by atoms with E-state index in [4.69, 9.17) is 5.73 Å². The van der Waals surface area contributed by atoms with Gasteiger partial charge in [-0.15, -0.1) is 0 Å². The summed E-state index contributed by atoms with van der Waals surface area (Å²) in [5.41, 5.74) is 12.3. The van der Waals surface area contributed by atoms with Gasteiger partial charge in [-0.3, -0.25) is 4.79 Å². The summed E-state index contributed by atoms with van der Waals surface area (Å²) in [6, 6.07) is 3.92. The first-order chi connectivity index (χ1) is 9.18. The molecule has 3 heteroatoms. The van der Waals surface area contributed by atoms with Crippen LogP contribution in [0.4, 0.5) is 0 Å². The van der Waals surface area contributed by atoms with Crippen molar-refractivity contribution in [2.24, 2.45) is 5.73 Å². The molecule has 0 saturated heterocycles. The summed E-state index contributed by atoms with van der Waals surface area (Å²) in [5, 5.41) is 3.40. The molecule has 1 amide bonds. The molecule has 1 aliphatic carbocycles. The molecule has 1 aromatic rings. The third kappa shape index (κ3) is 2.00. The van der Waals surface area contributed by atoms with E-state index >= 15 is 0 Å². The van der Waals surface area contributed by atoms with Crippen LogP contribution in [0.25, 0.3) is 11.1 Å². The number of rotatable bonds is 2. The zero-order chi connectivity index (χ0) is 13.4. The van der Waals surface area contributed by atoms with Gasteiger partial charge in [-0.2, -0.15) is 0 Å². The predicted octanol–water partition coefficient (Wildman–Crippen LogP) is 2.12. The molecule has 1 aliphatic heterocycles. The van der Waals surface area contributed by atoms with Crippen molar-refractivity contribution >= 4 is 17.1 Å². The van der Waals surface area contributed by atoms with E-state index in [0.717, 1.165) is 31.5 Å². The molecule has 0 radical (unpaired) electrons. The molecule has 3 rings (SSSR count). The van der Waals surface area contributed by atoms with Crippen molar-refractivity contribution in [1.82, 2.24) is 5.32 Å². The van der Waals surface area contributed by atoms with Gasteiger partial charge in [0.15, 0.2) is 0 Å². The van der Waals surface area contributed by atoms with Gasteiger partial charge in [0.2, 0.25) is 5.91 Å². The number of fused-ring (bicyclic) bond motifs is 1. The number of hydrogen-bond donors (Lipinski definition) is 2. The standard InChI is InChI=1S/C16H18N2O/c1-10-4-5-13-14(16(17)19)7-6-12(15(10)13)11-3-2-8-18-9-11/h3-4,6-7,18H,2,5,8-9H2,1H3,(H2,17,19). The maximum Gasteiger partial charge on any atom is 0.249 e. The quantitative estimate of drug-likeness (QED) is 0.849.